The van der Waals surface area contributed by atoms with Crippen molar-refractivity contribution in [3.63, 3.8) is 0 Å². The summed E-state index contributed by atoms with van der Waals surface area (Å²) in [6.07, 6.45) is 6.06. The SMILES string of the molecule is CCN(CC1CCN(C2CCc3ccccc3C2)CC1)C(=O)c1cc2ccccc2[nH]1. The number of amides is 1. The third-order valence-corrected chi connectivity index (χ3v) is 7.39. The first-order chi connectivity index (χ1) is 15.2. The number of fused-ring (bicyclic) bond motifs is 2. The van der Waals surface area contributed by atoms with Crippen molar-refractivity contribution in [2.75, 3.05) is 26.2 Å². The van der Waals surface area contributed by atoms with E-state index >= 15 is 0 Å². The number of nitrogens with zero attached hydrogens (tertiary/aromatic N) is 2. The molecule has 0 spiro atoms. The summed E-state index contributed by atoms with van der Waals surface area (Å²) in [5, 5.41) is 1.10. The van der Waals surface area contributed by atoms with Crippen LogP contribution in [-0.4, -0.2) is 52.9 Å². The lowest BCUT2D eigenvalue weighted by molar-refractivity contribution is 0.0663. The second-order valence-corrected chi connectivity index (χ2v) is 9.26. The number of aromatic amines is 1. The summed E-state index contributed by atoms with van der Waals surface area (Å²) in [5.41, 5.74) is 4.83. The Kier molecular flexibility index (Phi) is 5.82. The van der Waals surface area contributed by atoms with Gasteiger partial charge in [0.1, 0.15) is 5.69 Å². The molecule has 3 aromatic rings. The average molecular weight is 416 g/mol. The van der Waals surface area contributed by atoms with E-state index in [9.17, 15) is 4.79 Å². The summed E-state index contributed by atoms with van der Waals surface area (Å²) < 4.78 is 0. The van der Waals surface area contributed by atoms with Gasteiger partial charge >= 0.3 is 0 Å². The number of carbonyl (C=O) groups excluding carboxylic acids is 1. The fourth-order valence-corrected chi connectivity index (χ4v) is 5.52. The normalized spacial score (nSPS) is 20.0. The second-order valence-electron chi connectivity index (χ2n) is 9.26. The molecule has 0 saturated carbocycles. The monoisotopic (exact) mass is 415 g/mol. The van der Waals surface area contributed by atoms with Gasteiger partial charge in [-0.2, -0.15) is 0 Å². The highest BCUT2D eigenvalue weighted by Crippen LogP contribution is 2.28. The number of carbonyl (C=O) groups is 1. The van der Waals surface area contributed by atoms with Gasteiger partial charge in [-0.1, -0.05) is 42.5 Å². The van der Waals surface area contributed by atoms with Crippen LogP contribution in [0.5, 0.6) is 0 Å². The van der Waals surface area contributed by atoms with Crippen LogP contribution in [0, 0.1) is 5.92 Å². The van der Waals surface area contributed by atoms with Gasteiger partial charge in [0.15, 0.2) is 0 Å². The molecule has 4 heteroatoms. The topological polar surface area (TPSA) is 39.3 Å². The van der Waals surface area contributed by atoms with Crippen molar-refractivity contribution in [3.05, 3.63) is 71.4 Å². The molecular formula is C27H33N3O. The first-order valence-electron chi connectivity index (χ1n) is 11.9. The molecule has 4 nitrogen and oxygen atoms in total. The summed E-state index contributed by atoms with van der Waals surface area (Å²) in [6.45, 7) is 6.04. The van der Waals surface area contributed by atoms with Crippen LogP contribution in [0.2, 0.25) is 0 Å². The van der Waals surface area contributed by atoms with E-state index in [0.717, 1.165) is 37.1 Å². The molecule has 2 aromatic carbocycles. The van der Waals surface area contributed by atoms with Crippen LogP contribution >= 0.6 is 0 Å². The molecule has 5 rings (SSSR count). The van der Waals surface area contributed by atoms with Crippen LogP contribution in [-0.2, 0) is 12.8 Å². The van der Waals surface area contributed by atoms with E-state index in [-0.39, 0.29) is 5.91 Å². The number of piperidine rings is 1. The molecule has 1 unspecified atom stereocenters. The molecule has 1 atom stereocenters. The minimum absolute atomic E-state index is 0.130. The maximum atomic E-state index is 13.1. The Balaban J connectivity index is 1.17. The highest BCUT2D eigenvalue weighted by atomic mass is 16.2. The molecule has 2 heterocycles. The smallest absolute Gasteiger partial charge is 0.270 e. The van der Waals surface area contributed by atoms with Crippen LogP contribution in [0.3, 0.4) is 0 Å². The molecule has 31 heavy (non-hydrogen) atoms. The lowest BCUT2D eigenvalue weighted by atomic mass is 9.86. The van der Waals surface area contributed by atoms with Gasteiger partial charge in [-0.05, 0) is 81.3 Å². The molecule has 1 amide bonds. The van der Waals surface area contributed by atoms with E-state index in [4.69, 9.17) is 0 Å². The Bertz CT molecular complexity index is 1010. The zero-order valence-electron chi connectivity index (χ0n) is 18.5. The van der Waals surface area contributed by atoms with Crippen molar-refractivity contribution in [3.8, 4) is 0 Å². The summed E-state index contributed by atoms with van der Waals surface area (Å²) >= 11 is 0. The molecule has 162 valence electrons. The quantitative estimate of drug-likeness (QED) is 0.644. The minimum Gasteiger partial charge on any atom is -0.351 e. The van der Waals surface area contributed by atoms with Gasteiger partial charge in [0.2, 0.25) is 0 Å². The van der Waals surface area contributed by atoms with E-state index in [1.54, 1.807) is 11.1 Å². The van der Waals surface area contributed by atoms with Crippen LogP contribution in [0.15, 0.2) is 54.6 Å². The third-order valence-electron chi connectivity index (χ3n) is 7.39. The zero-order valence-corrected chi connectivity index (χ0v) is 18.5. The van der Waals surface area contributed by atoms with Crippen molar-refractivity contribution in [1.82, 2.24) is 14.8 Å². The molecule has 1 saturated heterocycles. The predicted octanol–water partition coefficient (Wildman–Crippen LogP) is 4.90. The molecular weight excluding hydrogens is 382 g/mol. The summed E-state index contributed by atoms with van der Waals surface area (Å²) in [5.74, 6) is 0.727. The third kappa shape index (κ3) is 4.27. The molecule has 2 aliphatic rings. The largest absolute Gasteiger partial charge is 0.351 e. The number of benzene rings is 2. The minimum atomic E-state index is 0.130. The molecule has 1 fully saturated rings. The van der Waals surface area contributed by atoms with E-state index in [2.05, 4.69) is 47.1 Å². The maximum Gasteiger partial charge on any atom is 0.270 e. The van der Waals surface area contributed by atoms with Crippen LogP contribution in [0.25, 0.3) is 10.9 Å². The van der Waals surface area contributed by atoms with Crippen LogP contribution in [0.4, 0.5) is 0 Å². The fraction of sp³-hybridized carbons (Fsp3) is 0.444. The lowest BCUT2D eigenvalue weighted by Crippen LogP contribution is -2.46. The Labute approximate surface area is 185 Å². The van der Waals surface area contributed by atoms with Crippen LogP contribution in [0.1, 0.15) is 47.8 Å². The van der Waals surface area contributed by atoms with E-state index in [0.29, 0.717) is 17.7 Å². The van der Waals surface area contributed by atoms with Gasteiger partial charge in [-0.25, -0.2) is 0 Å². The first kappa shape index (κ1) is 20.3. The second kappa shape index (κ2) is 8.88. The number of hydrogen-bond acceptors (Lipinski definition) is 2. The number of likely N-dealkylation sites (tertiary alicyclic amines) is 1. The standard InChI is InChI=1S/C27H33N3O/c1-2-29(27(31)26-18-23-9-5-6-10-25(23)28-26)19-20-13-15-30(16-14-20)24-12-11-21-7-3-4-8-22(21)17-24/h3-10,18,20,24,28H,2,11-17,19H2,1H3. The number of aromatic nitrogens is 1. The van der Waals surface area contributed by atoms with E-state index in [1.165, 1.54) is 32.1 Å². The van der Waals surface area contributed by atoms with Crippen molar-refractivity contribution in [1.29, 1.82) is 0 Å². The first-order valence-corrected chi connectivity index (χ1v) is 11.9. The Morgan fingerprint density at radius 1 is 1.03 bits per heavy atom. The molecule has 1 aliphatic heterocycles. The number of H-pyrrole nitrogens is 1. The van der Waals surface area contributed by atoms with Gasteiger partial charge < -0.3 is 14.8 Å². The maximum absolute atomic E-state index is 13.1. The summed E-state index contributed by atoms with van der Waals surface area (Å²) in [6, 6.07) is 19.7. The summed E-state index contributed by atoms with van der Waals surface area (Å²) in [7, 11) is 0. The van der Waals surface area contributed by atoms with Gasteiger partial charge in [0.05, 0.1) is 0 Å². The highest BCUT2D eigenvalue weighted by molar-refractivity contribution is 5.98. The van der Waals surface area contributed by atoms with E-state index in [1.807, 2.05) is 29.2 Å². The van der Waals surface area contributed by atoms with Crippen molar-refractivity contribution in [2.24, 2.45) is 5.92 Å². The Hall–Kier alpha value is -2.59. The fourth-order valence-electron chi connectivity index (χ4n) is 5.52. The number of rotatable bonds is 5. The highest BCUT2D eigenvalue weighted by Gasteiger charge is 2.29. The molecule has 0 radical (unpaired) electrons. The molecule has 0 bridgehead atoms. The van der Waals surface area contributed by atoms with Crippen LogP contribution < -0.4 is 0 Å². The lowest BCUT2D eigenvalue weighted by Gasteiger charge is -2.40. The van der Waals surface area contributed by atoms with Gasteiger partial charge in [-0.3, -0.25) is 4.79 Å². The van der Waals surface area contributed by atoms with Gasteiger partial charge in [-0.15, -0.1) is 0 Å². The van der Waals surface area contributed by atoms with Gasteiger partial charge in [0, 0.05) is 30.0 Å². The average Bonchev–Trinajstić information content (AvgIpc) is 3.26. The molecule has 1 aliphatic carbocycles. The van der Waals surface area contributed by atoms with E-state index < -0.39 is 0 Å². The Morgan fingerprint density at radius 2 is 1.77 bits per heavy atom. The van der Waals surface area contributed by atoms with Gasteiger partial charge in [0.25, 0.3) is 5.91 Å². The molecule has 1 aromatic heterocycles. The Morgan fingerprint density at radius 3 is 2.55 bits per heavy atom. The number of para-hydroxylation sites is 1. The molecule has 1 N–H and O–H groups in total. The number of nitrogens with one attached hydrogen (secondary N) is 1. The van der Waals surface area contributed by atoms with Crippen molar-refractivity contribution >= 4 is 16.8 Å². The van der Waals surface area contributed by atoms with Crippen molar-refractivity contribution < 1.29 is 4.79 Å². The zero-order chi connectivity index (χ0) is 21.2. The number of aryl methyl sites for hydroxylation is 1. The summed E-state index contributed by atoms with van der Waals surface area (Å²) in [4.78, 5) is 21.2. The predicted molar refractivity (Wildman–Crippen MR) is 126 cm³/mol. The number of hydrogen-bond donors (Lipinski definition) is 1. The van der Waals surface area contributed by atoms with Crippen molar-refractivity contribution in [2.45, 2.75) is 45.1 Å².